The highest BCUT2D eigenvalue weighted by molar-refractivity contribution is 5.94. The van der Waals surface area contributed by atoms with E-state index >= 15 is 0 Å². The van der Waals surface area contributed by atoms with Crippen molar-refractivity contribution in [2.45, 2.75) is 25.4 Å². The molecule has 3 heteroatoms. The molecule has 1 aromatic rings. The molecule has 1 saturated carbocycles. The maximum absolute atomic E-state index is 12.0. The summed E-state index contributed by atoms with van der Waals surface area (Å²) in [5.74, 6) is 0.104. The summed E-state index contributed by atoms with van der Waals surface area (Å²) in [7, 11) is 1.87. The Kier molecular flexibility index (Phi) is 2.73. The third kappa shape index (κ3) is 2.18. The molecule has 1 aliphatic carbocycles. The van der Waals surface area contributed by atoms with E-state index in [1.54, 1.807) is 0 Å². The lowest BCUT2D eigenvalue weighted by Gasteiger charge is -2.16. The summed E-state index contributed by atoms with van der Waals surface area (Å²) in [4.78, 5) is 13.8. The predicted molar refractivity (Wildman–Crippen MR) is 59.4 cm³/mol. The van der Waals surface area contributed by atoms with Crippen LogP contribution in [0.5, 0.6) is 0 Å². The van der Waals surface area contributed by atoms with Crippen LogP contribution in [-0.4, -0.2) is 23.9 Å². The Labute approximate surface area is 89.9 Å². The second-order valence-corrected chi connectivity index (χ2v) is 4.05. The van der Waals surface area contributed by atoms with E-state index in [1.165, 1.54) is 0 Å². The molecule has 0 heterocycles. The van der Waals surface area contributed by atoms with Gasteiger partial charge in [-0.3, -0.25) is 4.79 Å². The molecular formula is C12H16N2O. The van der Waals surface area contributed by atoms with Crippen LogP contribution >= 0.6 is 0 Å². The van der Waals surface area contributed by atoms with Crippen molar-refractivity contribution in [3.8, 4) is 0 Å². The quantitative estimate of drug-likeness (QED) is 0.808. The molecule has 0 saturated heterocycles. The molecule has 0 unspecified atom stereocenters. The van der Waals surface area contributed by atoms with Crippen molar-refractivity contribution < 1.29 is 4.79 Å². The maximum atomic E-state index is 12.0. The van der Waals surface area contributed by atoms with Gasteiger partial charge in [0.1, 0.15) is 0 Å². The van der Waals surface area contributed by atoms with Crippen molar-refractivity contribution in [1.29, 1.82) is 0 Å². The smallest absolute Gasteiger partial charge is 0.253 e. The Balaban J connectivity index is 2.16. The van der Waals surface area contributed by atoms with Gasteiger partial charge in [0.15, 0.2) is 0 Å². The summed E-state index contributed by atoms with van der Waals surface area (Å²) in [5.41, 5.74) is 7.29. The zero-order valence-corrected chi connectivity index (χ0v) is 8.94. The van der Waals surface area contributed by atoms with Crippen molar-refractivity contribution in [3.63, 3.8) is 0 Å². The molecule has 3 nitrogen and oxygen atoms in total. The number of benzene rings is 1. The van der Waals surface area contributed by atoms with E-state index < -0.39 is 0 Å². The van der Waals surface area contributed by atoms with Gasteiger partial charge < -0.3 is 10.6 Å². The Hall–Kier alpha value is -1.35. The van der Waals surface area contributed by atoms with E-state index in [9.17, 15) is 4.79 Å². The largest absolute Gasteiger partial charge is 0.339 e. The fourth-order valence-corrected chi connectivity index (χ4v) is 1.66. The molecule has 2 rings (SSSR count). The Morgan fingerprint density at radius 2 is 2.27 bits per heavy atom. The van der Waals surface area contributed by atoms with Gasteiger partial charge in [-0.25, -0.2) is 0 Å². The van der Waals surface area contributed by atoms with E-state index in [-0.39, 0.29) is 5.91 Å². The van der Waals surface area contributed by atoms with Crippen LogP contribution in [0.3, 0.4) is 0 Å². The van der Waals surface area contributed by atoms with E-state index in [0.29, 0.717) is 12.6 Å². The van der Waals surface area contributed by atoms with Gasteiger partial charge in [0.05, 0.1) is 0 Å². The molecule has 80 valence electrons. The molecule has 1 amide bonds. The number of nitrogens with two attached hydrogens (primary N) is 1. The van der Waals surface area contributed by atoms with Crippen molar-refractivity contribution in [2.75, 3.05) is 7.05 Å². The zero-order valence-electron chi connectivity index (χ0n) is 8.94. The molecular weight excluding hydrogens is 188 g/mol. The van der Waals surface area contributed by atoms with Gasteiger partial charge in [-0.05, 0) is 30.5 Å². The molecule has 0 spiro atoms. The lowest BCUT2D eigenvalue weighted by atomic mass is 10.1. The molecule has 15 heavy (non-hydrogen) atoms. The molecule has 0 atom stereocenters. The van der Waals surface area contributed by atoms with E-state index in [2.05, 4.69) is 0 Å². The van der Waals surface area contributed by atoms with Gasteiger partial charge in [-0.15, -0.1) is 0 Å². The monoisotopic (exact) mass is 204 g/mol. The van der Waals surface area contributed by atoms with E-state index in [1.807, 2.05) is 36.2 Å². The molecule has 1 aliphatic rings. The van der Waals surface area contributed by atoms with Crippen molar-refractivity contribution in [1.82, 2.24) is 4.90 Å². The number of amides is 1. The number of hydrogen-bond acceptors (Lipinski definition) is 2. The van der Waals surface area contributed by atoms with Crippen molar-refractivity contribution in [3.05, 3.63) is 35.4 Å². The minimum absolute atomic E-state index is 0.104. The number of rotatable bonds is 3. The molecule has 0 radical (unpaired) electrons. The van der Waals surface area contributed by atoms with Gasteiger partial charge in [-0.1, -0.05) is 12.1 Å². The van der Waals surface area contributed by atoms with Crippen LogP contribution in [0.2, 0.25) is 0 Å². The van der Waals surface area contributed by atoms with Crippen LogP contribution < -0.4 is 5.73 Å². The van der Waals surface area contributed by atoms with Gasteiger partial charge in [-0.2, -0.15) is 0 Å². The normalized spacial score (nSPS) is 15.1. The summed E-state index contributed by atoms with van der Waals surface area (Å²) < 4.78 is 0. The summed E-state index contributed by atoms with van der Waals surface area (Å²) in [6.45, 7) is 0.480. The maximum Gasteiger partial charge on any atom is 0.253 e. The number of carbonyl (C=O) groups excluding carboxylic acids is 1. The van der Waals surface area contributed by atoms with Crippen LogP contribution in [-0.2, 0) is 6.54 Å². The number of hydrogen-bond donors (Lipinski definition) is 1. The Morgan fingerprint density at radius 3 is 2.87 bits per heavy atom. The SMILES string of the molecule is CN(C(=O)c1cccc(CN)c1)C1CC1. The highest BCUT2D eigenvalue weighted by Gasteiger charge is 2.29. The Morgan fingerprint density at radius 1 is 1.53 bits per heavy atom. The third-order valence-corrected chi connectivity index (χ3v) is 2.82. The topological polar surface area (TPSA) is 46.3 Å². The van der Waals surface area contributed by atoms with Crippen LogP contribution in [0.15, 0.2) is 24.3 Å². The van der Waals surface area contributed by atoms with Crippen molar-refractivity contribution >= 4 is 5.91 Å². The second-order valence-electron chi connectivity index (χ2n) is 4.05. The van der Waals surface area contributed by atoms with Crippen LogP contribution in [0.4, 0.5) is 0 Å². The average Bonchev–Trinajstić information content (AvgIpc) is 3.11. The molecule has 1 fully saturated rings. The summed E-state index contributed by atoms with van der Waals surface area (Å²) in [5, 5.41) is 0. The van der Waals surface area contributed by atoms with Crippen LogP contribution in [0.25, 0.3) is 0 Å². The Bertz CT molecular complexity index is 372. The molecule has 2 N–H and O–H groups in total. The minimum atomic E-state index is 0.104. The van der Waals surface area contributed by atoms with E-state index in [4.69, 9.17) is 5.73 Å². The van der Waals surface area contributed by atoms with Gasteiger partial charge in [0, 0.05) is 25.2 Å². The fourth-order valence-electron chi connectivity index (χ4n) is 1.66. The lowest BCUT2D eigenvalue weighted by molar-refractivity contribution is 0.0785. The molecule has 0 aromatic heterocycles. The first-order valence-electron chi connectivity index (χ1n) is 5.28. The lowest BCUT2D eigenvalue weighted by Crippen LogP contribution is -2.28. The first-order chi connectivity index (χ1) is 7.22. The summed E-state index contributed by atoms with van der Waals surface area (Å²) in [6.07, 6.45) is 2.28. The number of nitrogens with zero attached hydrogens (tertiary/aromatic N) is 1. The molecule has 0 aliphatic heterocycles. The predicted octanol–water partition coefficient (Wildman–Crippen LogP) is 1.38. The molecule has 1 aromatic carbocycles. The van der Waals surface area contributed by atoms with Crippen LogP contribution in [0, 0.1) is 0 Å². The average molecular weight is 204 g/mol. The number of carbonyl (C=O) groups is 1. The summed E-state index contributed by atoms with van der Waals surface area (Å²) in [6, 6.07) is 8.00. The first kappa shape index (κ1) is 10.2. The first-order valence-corrected chi connectivity index (χ1v) is 5.28. The highest BCUT2D eigenvalue weighted by Crippen LogP contribution is 2.26. The van der Waals surface area contributed by atoms with Crippen LogP contribution in [0.1, 0.15) is 28.8 Å². The summed E-state index contributed by atoms with van der Waals surface area (Å²) >= 11 is 0. The molecule has 0 bridgehead atoms. The zero-order chi connectivity index (χ0) is 10.8. The van der Waals surface area contributed by atoms with Gasteiger partial charge >= 0.3 is 0 Å². The highest BCUT2D eigenvalue weighted by atomic mass is 16.2. The van der Waals surface area contributed by atoms with Gasteiger partial charge in [0.2, 0.25) is 0 Å². The van der Waals surface area contributed by atoms with E-state index in [0.717, 1.165) is 24.0 Å². The minimum Gasteiger partial charge on any atom is -0.339 e. The third-order valence-electron chi connectivity index (χ3n) is 2.82. The standard InChI is InChI=1S/C12H16N2O/c1-14(11-5-6-11)12(15)10-4-2-3-9(7-10)8-13/h2-4,7,11H,5-6,8,13H2,1H3. The van der Waals surface area contributed by atoms with Crippen molar-refractivity contribution in [2.24, 2.45) is 5.73 Å². The van der Waals surface area contributed by atoms with Gasteiger partial charge in [0.25, 0.3) is 5.91 Å². The second kappa shape index (κ2) is 4.03. The fraction of sp³-hybridized carbons (Fsp3) is 0.417.